The van der Waals surface area contributed by atoms with Crippen molar-refractivity contribution < 1.29 is 27.4 Å². The normalized spacial score (nSPS) is 23.6. The van der Waals surface area contributed by atoms with Gasteiger partial charge in [-0.15, -0.1) is 0 Å². The van der Waals surface area contributed by atoms with Gasteiger partial charge in [0.2, 0.25) is 0 Å². The zero-order chi connectivity index (χ0) is 24.0. The molecular weight excluding hydrogens is 459 g/mol. The van der Waals surface area contributed by atoms with Gasteiger partial charge >= 0.3 is 5.97 Å². The summed E-state index contributed by atoms with van der Waals surface area (Å²) in [4.78, 5) is 14.4. The number of aromatic carboxylic acids is 1. The van der Waals surface area contributed by atoms with E-state index in [-0.39, 0.29) is 27.8 Å². The van der Waals surface area contributed by atoms with E-state index in [0.29, 0.717) is 30.6 Å². The van der Waals surface area contributed by atoms with Crippen molar-refractivity contribution in [2.45, 2.75) is 55.9 Å². The summed E-state index contributed by atoms with van der Waals surface area (Å²) in [5.74, 6) is -0.836. The summed E-state index contributed by atoms with van der Waals surface area (Å²) in [6, 6.07) is 7.22. The highest BCUT2D eigenvalue weighted by molar-refractivity contribution is 7.92. The maximum atomic E-state index is 14.1. The smallest absolute Gasteiger partial charge is 0.341 e. The largest absolute Gasteiger partial charge is 0.492 e. The molecule has 3 aliphatic rings. The van der Waals surface area contributed by atoms with Gasteiger partial charge in [-0.25, -0.2) is 17.6 Å². The van der Waals surface area contributed by atoms with E-state index in [1.165, 1.54) is 18.2 Å². The van der Waals surface area contributed by atoms with Crippen LogP contribution in [0.4, 0.5) is 10.1 Å². The average molecular weight is 489 g/mol. The van der Waals surface area contributed by atoms with Crippen LogP contribution in [0.15, 0.2) is 35.2 Å². The summed E-state index contributed by atoms with van der Waals surface area (Å²) in [6.45, 7) is 4.50. The van der Waals surface area contributed by atoms with Gasteiger partial charge in [0.15, 0.2) is 0 Å². The maximum Gasteiger partial charge on any atom is 0.341 e. The van der Waals surface area contributed by atoms with Crippen LogP contribution in [0.25, 0.3) is 0 Å². The van der Waals surface area contributed by atoms with Crippen LogP contribution in [0.3, 0.4) is 0 Å². The van der Waals surface area contributed by atoms with Gasteiger partial charge < -0.3 is 14.7 Å². The van der Waals surface area contributed by atoms with E-state index in [0.717, 1.165) is 50.4 Å². The molecule has 0 amide bonds. The molecule has 3 atom stereocenters. The number of rotatable bonds is 8. The predicted molar refractivity (Wildman–Crippen MR) is 126 cm³/mol. The first kappa shape index (κ1) is 23.1. The summed E-state index contributed by atoms with van der Waals surface area (Å²) >= 11 is 0. The molecule has 1 saturated heterocycles. The minimum atomic E-state index is -4.16. The van der Waals surface area contributed by atoms with Crippen LogP contribution in [0.1, 0.15) is 60.0 Å². The third kappa shape index (κ3) is 4.27. The second-order valence-electron chi connectivity index (χ2n) is 9.45. The lowest BCUT2D eigenvalue weighted by molar-refractivity contribution is 0.0692. The van der Waals surface area contributed by atoms with E-state index in [4.69, 9.17) is 4.74 Å². The second kappa shape index (κ2) is 8.85. The number of carboxylic acids is 1. The quantitative estimate of drug-likeness (QED) is 0.577. The van der Waals surface area contributed by atoms with E-state index in [9.17, 15) is 22.7 Å². The fourth-order valence-electron chi connectivity index (χ4n) is 5.51. The molecule has 1 saturated carbocycles. The first-order chi connectivity index (χ1) is 16.3. The molecule has 1 aliphatic carbocycles. The number of nitrogens with zero attached hydrogens (tertiary/aromatic N) is 1. The van der Waals surface area contributed by atoms with Crippen molar-refractivity contribution in [1.29, 1.82) is 0 Å². The molecule has 2 aliphatic heterocycles. The number of fused-ring (bicyclic) bond motifs is 3. The first-order valence-corrected chi connectivity index (χ1v) is 13.3. The Morgan fingerprint density at radius 3 is 2.88 bits per heavy atom. The Morgan fingerprint density at radius 2 is 2.12 bits per heavy atom. The van der Waals surface area contributed by atoms with Crippen molar-refractivity contribution >= 4 is 21.7 Å². The molecular formula is C25H29FN2O5S. The standard InChI is InChI=1S/C25H29FN2O5S/c1-2-28-11-3-4-18(28)7-5-15-12-17(26)6-10-22(15)34(31,32)27-21-9-8-19-20-13-16(20)14-33-24(19)23(21)25(29)30/h6,8-10,12,16,18,20,27H,2-5,7,11,13-14H2,1H3,(H,29,30)/t16-,18+,20-/m0/s1. The maximum absolute atomic E-state index is 14.1. The number of carbonyl (C=O) groups is 1. The number of hydrogen-bond acceptors (Lipinski definition) is 5. The fourth-order valence-corrected chi connectivity index (χ4v) is 6.84. The minimum Gasteiger partial charge on any atom is -0.492 e. The van der Waals surface area contributed by atoms with Gasteiger partial charge in [0, 0.05) is 12.0 Å². The number of halogens is 1. The highest BCUT2D eigenvalue weighted by atomic mass is 32.2. The summed E-state index contributed by atoms with van der Waals surface area (Å²) in [5, 5.41) is 9.86. The van der Waals surface area contributed by atoms with Crippen LogP contribution in [-0.4, -0.2) is 50.1 Å². The lowest BCUT2D eigenvalue weighted by atomic mass is 10.0. The molecule has 34 heavy (non-hydrogen) atoms. The summed E-state index contributed by atoms with van der Waals surface area (Å²) in [6.07, 6.45) is 4.25. The molecule has 0 spiro atoms. The number of anilines is 1. The number of nitrogens with one attached hydrogen (secondary N) is 1. The van der Waals surface area contributed by atoms with Crippen molar-refractivity contribution in [3.8, 4) is 5.75 Å². The molecule has 0 aromatic heterocycles. The number of likely N-dealkylation sites (tertiary alicyclic amines) is 1. The number of benzene rings is 2. The number of aryl methyl sites for hydroxylation is 1. The monoisotopic (exact) mass is 488 g/mol. The molecule has 0 bridgehead atoms. The molecule has 5 rings (SSSR count). The van der Waals surface area contributed by atoms with E-state index < -0.39 is 21.8 Å². The summed E-state index contributed by atoms with van der Waals surface area (Å²) in [7, 11) is -4.16. The van der Waals surface area contributed by atoms with E-state index in [1.807, 2.05) is 0 Å². The first-order valence-electron chi connectivity index (χ1n) is 11.9. The molecule has 0 unspecified atom stereocenters. The third-order valence-electron chi connectivity index (χ3n) is 7.37. The lowest BCUT2D eigenvalue weighted by Gasteiger charge is -2.23. The van der Waals surface area contributed by atoms with Crippen molar-refractivity contribution in [3.05, 3.63) is 52.8 Å². The molecule has 2 fully saturated rings. The Labute approximate surface area is 199 Å². The van der Waals surface area contributed by atoms with E-state index in [1.54, 1.807) is 6.07 Å². The van der Waals surface area contributed by atoms with Gasteiger partial charge in [0.1, 0.15) is 17.1 Å². The highest BCUT2D eigenvalue weighted by Gasteiger charge is 2.45. The molecule has 2 N–H and O–H groups in total. The number of sulfonamides is 1. The summed E-state index contributed by atoms with van der Waals surface area (Å²) < 4.78 is 49.0. The van der Waals surface area contributed by atoms with Crippen LogP contribution >= 0.6 is 0 Å². The molecule has 2 aromatic carbocycles. The Morgan fingerprint density at radius 1 is 1.29 bits per heavy atom. The van der Waals surface area contributed by atoms with Gasteiger partial charge in [-0.05, 0) is 86.5 Å². The average Bonchev–Trinajstić information content (AvgIpc) is 3.45. The van der Waals surface area contributed by atoms with Crippen LogP contribution in [-0.2, 0) is 16.4 Å². The predicted octanol–water partition coefficient (Wildman–Crippen LogP) is 4.24. The fraction of sp³-hybridized carbons (Fsp3) is 0.480. The minimum absolute atomic E-state index is 0.0350. The zero-order valence-corrected chi connectivity index (χ0v) is 19.9. The molecule has 2 heterocycles. The number of carboxylic acid groups (broad SMARTS) is 1. The molecule has 2 aromatic rings. The van der Waals surface area contributed by atoms with Crippen LogP contribution < -0.4 is 9.46 Å². The Bertz CT molecular complexity index is 1230. The Kier molecular flexibility index (Phi) is 6.02. The number of hydrogen-bond donors (Lipinski definition) is 2. The Balaban J connectivity index is 1.44. The third-order valence-corrected chi connectivity index (χ3v) is 8.84. The summed E-state index contributed by atoms with van der Waals surface area (Å²) in [5.41, 5.74) is 0.978. The van der Waals surface area contributed by atoms with Crippen molar-refractivity contribution in [2.24, 2.45) is 5.92 Å². The molecule has 0 radical (unpaired) electrons. The van der Waals surface area contributed by atoms with Crippen LogP contribution in [0.5, 0.6) is 5.75 Å². The van der Waals surface area contributed by atoms with E-state index in [2.05, 4.69) is 16.5 Å². The lowest BCUT2D eigenvalue weighted by Crippen LogP contribution is -2.29. The molecule has 182 valence electrons. The van der Waals surface area contributed by atoms with Gasteiger partial charge in [-0.2, -0.15) is 0 Å². The van der Waals surface area contributed by atoms with Gasteiger partial charge in [-0.3, -0.25) is 4.72 Å². The van der Waals surface area contributed by atoms with Gasteiger partial charge in [-0.1, -0.05) is 13.0 Å². The number of ether oxygens (including phenoxy) is 1. The highest BCUT2D eigenvalue weighted by Crippen LogP contribution is 2.55. The molecule has 7 nitrogen and oxygen atoms in total. The van der Waals surface area contributed by atoms with Crippen LogP contribution in [0, 0.1) is 11.7 Å². The molecule has 9 heteroatoms. The van der Waals surface area contributed by atoms with Gasteiger partial charge in [0.05, 0.1) is 17.2 Å². The topological polar surface area (TPSA) is 95.9 Å². The van der Waals surface area contributed by atoms with Crippen molar-refractivity contribution in [3.63, 3.8) is 0 Å². The van der Waals surface area contributed by atoms with Crippen LogP contribution in [0.2, 0.25) is 0 Å². The van der Waals surface area contributed by atoms with Crippen molar-refractivity contribution in [1.82, 2.24) is 4.90 Å². The van der Waals surface area contributed by atoms with Gasteiger partial charge in [0.25, 0.3) is 10.0 Å². The van der Waals surface area contributed by atoms with Crippen molar-refractivity contribution in [2.75, 3.05) is 24.4 Å². The zero-order valence-electron chi connectivity index (χ0n) is 19.1. The van der Waals surface area contributed by atoms with E-state index >= 15 is 0 Å². The second-order valence-corrected chi connectivity index (χ2v) is 11.1. The SMILES string of the molecule is CCN1CCC[C@@H]1CCc1cc(F)ccc1S(=O)(=O)Nc1ccc2c(c1C(=O)O)OC[C@@H]1C[C@H]21. The Hall–Kier alpha value is -2.65.